The molecule has 2 nitrogen and oxygen atoms in total. The predicted molar refractivity (Wildman–Crippen MR) is 45.4 cm³/mol. The summed E-state index contributed by atoms with van der Waals surface area (Å²) >= 11 is 0. The maximum absolute atomic E-state index is 5.45. The molecule has 0 aromatic heterocycles. The van der Waals surface area contributed by atoms with Crippen molar-refractivity contribution in [3.63, 3.8) is 0 Å². The van der Waals surface area contributed by atoms with E-state index in [1.54, 1.807) is 0 Å². The van der Waals surface area contributed by atoms with E-state index in [1.807, 2.05) is 0 Å². The monoisotopic (exact) mass is 144 g/mol. The molecule has 0 aromatic carbocycles. The van der Waals surface area contributed by atoms with Gasteiger partial charge < -0.3 is 11.5 Å². The molecule has 0 saturated heterocycles. The summed E-state index contributed by atoms with van der Waals surface area (Å²) in [5, 5.41) is 0. The Morgan fingerprint density at radius 2 is 1.50 bits per heavy atom. The third-order valence-corrected chi connectivity index (χ3v) is 1.55. The van der Waals surface area contributed by atoms with Gasteiger partial charge in [-0.1, -0.05) is 20.8 Å². The number of nitrogens with two attached hydrogens (primary N) is 2. The molecule has 2 heteroatoms. The standard InChI is InChI=1S/C8H20N2/c1-6(2)4-7(3)5-8(9)10/h6-8H,4-5,9-10H2,1-3H3. The summed E-state index contributed by atoms with van der Waals surface area (Å²) in [4.78, 5) is 0. The fraction of sp³-hybridized carbons (Fsp3) is 1.00. The van der Waals surface area contributed by atoms with Crippen LogP contribution in [0.2, 0.25) is 0 Å². The van der Waals surface area contributed by atoms with E-state index in [4.69, 9.17) is 11.5 Å². The first-order chi connectivity index (χ1) is 4.52. The zero-order chi connectivity index (χ0) is 8.15. The number of rotatable bonds is 4. The van der Waals surface area contributed by atoms with Crippen molar-refractivity contribution in [1.82, 2.24) is 0 Å². The van der Waals surface area contributed by atoms with Gasteiger partial charge >= 0.3 is 0 Å². The van der Waals surface area contributed by atoms with Gasteiger partial charge in [-0.2, -0.15) is 0 Å². The maximum Gasteiger partial charge on any atom is 0.0523 e. The van der Waals surface area contributed by atoms with Gasteiger partial charge in [-0.25, -0.2) is 0 Å². The molecule has 0 saturated carbocycles. The van der Waals surface area contributed by atoms with E-state index in [2.05, 4.69) is 20.8 Å². The first-order valence-electron chi connectivity index (χ1n) is 4.03. The Balaban J connectivity index is 3.34. The Morgan fingerprint density at radius 1 is 1.00 bits per heavy atom. The second-order valence-electron chi connectivity index (χ2n) is 3.63. The lowest BCUT2D eigenvalue weighted by Gasteiger charge is -2.15. The molecule has 62 valence electrons. The Labute approximate surface area is 64.0 Å². The molecule has 0 amide bonds. The summed E-state index contributed by atoms with van der Waals surface area (Å²) in [6, 6.07) is 0. The summed E-state index contributed by atoms with van der Waals surface area (Å²) in [5.41, 5.74) is 10.9. The highest BCUT2D eigenvalue weighted by Gasteiger charge is 2.06. The molecular weight excluding hydrogens is 124 g/mol. The molecule has 4 N–H and O–H groups in total. The van der Waals surface area contributed by atoms with Crippen LogP contribution < -0.4 is 11.5 Å². The molecule has 0 rings (SSSR count). The minimum absolute atomic E-state index is 0.131. The van der Waals surface area contributed by atoms with Crippen LogP contribution >= 0.6 is 0 Å². The van der Waals surface area contributed by atoms with E-state index >= 15 is 0 Å². The van der Waals surface area contributed by atoms with E-state index in [-0.39, 0.29) is 6.17 Å². The minimum atomic E-state index is -0.131. The number of hydrogen-bond donors (Lipinski definition) is 2. The van der Waals surface area contributed by atoms with Crippen molar-refractivity contribution in [2.45, 2.75) is 39.8 Å². The predicted octanol–water partition coefficient (Wildman–Crippen LogP) is 1.30. The third-order valence-electron chi connectivity index (χ3n) is 1.55. The molecule has 0 aliphatic rings. The highest BCUT2D eigenvalue weighted by molar-refractivity contribution is 4.60. The normalized spacial score (nSPS) is 14.7. The lowest BCUT2D eigenvalue weighted by Crippen LogP contribution is -2.32. The van der Waals surface area contributed by atoms with Crippen LogP contribution in [0.15, 0.2) is 0 Å². The molecule has 0 spiro atoms. The maximum atomic E-state index is 5.45. The van der Waals surface area contributed by atoms with Crippen LogP contribution in [0, 0.1) is 11.8 Å². The average molecular weight is 144 g/mol. The second-order valence-corrected chi connectivity index (χ2v) is 3.63. The lowest BCUT2D eigenvalue weighted by molar-refractivity contribution is 0.387. The van der Waals surface area contributed by atoms with Crippen LogP contribution in [0.5, 0.6) is 0 Å². The van der Waals surface area contributed by atoms with Crippen LogP contribution in [-0.4, -0.2) is 6.17 Å². The zero-order valence-corrected chi connectivity index (χ0v) is 7.30. The highest BCUT2D eigenvalue weighted by Crippen LogP contribution is 2.14. The van der Waals surface area contributed by atoms with Gasteiger partial charge in [-0.15, -0.1) is 0 Å². The summed E-state index contributed by atoms with van der Waals surface area (Å²) in [6.45, 7) is 6.64. The second kappa shape index (κ2) is 4.69. The molecule has 0 radical (unpaired) electrons. The summed E-state index contributed by atoms with van der Waals surface area (Å²) in [7, 11) is 0. The molecule has 0 aliphatic heterocycles. The van der Waals surface area contributed by atoms with Crippen molar-refractivity contribution in [3.05, 3.63) is 0 Å². The molecule has 1 atom stereocenters. The Morgan fingerprint density at radius 3 is 1.80 bits per heavy atom. The summed E-state index contributed by atoms with van der Waals surface area (Å²) < 4.78 is 0. The van der Waals surface area contributed by atoms with Crippen molar-refractivity contribution >= 4 is 0 Å². The Bertz CT molecular complexity index is 69.3. The molecule has 0 aromatic rings. The van der Waals surface area contributed by atoms with E-state index in [0.29, 0.717) is 5.92 Å². The Hall–Kier alpha value is -0.0800. The van der Waals surface area contributed by atoms with Crippen molar-refractivity contribution in [2.24, 2.45) is 23.3 Å². The highest BCUT2D eigenvalue weighted by atomic mass is 14.8. The molecule has 0 fully saturated rings. The van der Waals surface area contributed by atoms with Crippen molar-refractivity contribution in [3.8, 4) is 0 Å². The molecule has 0 heterocycles. The van der Waals surface area contributed by atoms with E-state index < -0.39 is 0 Å². The van der Waals surface area contributed by atoms with Gasteiger partial charge in [0.25, 0.3) is 0 Å². The van der Waals surface area contributed by atoms with Gasteiger partial charge in [0, 0.05) is 0 Å². The van der Waals surface area contributed by atoms with Gasteiger partial charge in [0.1, 0.15) is 0 Å². The van der Waals surface area contributed by atoms with Crippen LogP contribution in [0.4, 0.5) is 0 Å². The summed E-state index contributed by atoms with van der Waals surface area (Å²) in [5.74, 6) is 1.42. The topological polar surface area (TPSA) is 52.0 Å². The fourth-order valence-corrected chi connectivity index (χ4v) is 1.37. The van der Waals surface area contributed by atoms with E-state index in [1.165, 1.54) is 6.42 Å². The van der Waals surface area contributed by atoms with Crippen molar-refractivity contribution in [1.29, 1.82) is 0 Å². The minimum Gasteiger partial charge on any atom is -0.316 e. The average Bonchev–Trinajstić information content (AvgIpc) is 1.58. The van der Waals surface area contributed by atoms with Crippen molar-refractivity contribution in [2.75, 3.05) is 0 Å². The van der Waals surface area contributed by atoms with Gasteiger partial charge in [-0.3, -0.25) is 0 Å². The Kier molecular flexibility index (Phi) is 4.65. The van der Waals surface area contributed by atoms with Crippen LogP contribution in [0.1, 0.15) is 33.6 Å². The van der Waals surface area contributed by atoms with Crippen LogP contribution in [0.3, 0.4) is 0 Å². The third kappa shape index (κ3) is 6.05. The van der Waals surface area contributed by atoms with Gasteiger partial charge in [-0.05, 0) is 24.7 Å². The molecule has 10 heavy (non-hydrogen) atoms. The largest absolute Gasteiger partial charge is 0.316 e. The van der Waals surface area contributed by atoms with Gasteiger partial charge in [0.2, 0.25) is 0 Å². The van der Waals surface area contributed by atoms with E-state index in [0.717, 1.165) is 12.3 Å². The summed E-state index contributed by atoms with van der Waals surface area (Å²) in [6.07, 6.45) is 2.04. The van der Waals surface area contributed by atoms with Crippen LogP contribution in [-0.2, 0) is 0 Å². The smallest absolute Gasteiger partial charge is 0.0523 e. The van der Waals surface area contributed by atoms with Crippen molar-refractivity contribution < 1.29 is 0 Å². The molecule has 0 aliphatic carbocycles. The first kappa shape index (κ1) is 9.92. The van der Waals surface area contributed by atoms with Gasteiger partial charge in [0.05, 0.1) is 6.17 Å². The van der Waals surface area contributed by atoms with E-state index in [9.17, 15) is 0 Å². The number of hydrogen-bond acceptors (Lipinski definition) is 2. The first-order valence-corrected chi connectivity index (χ1v) is 4.03. The van der Waals surface area contributed by atoms with Gasteiger partial charge in [0.15, 0.2) is 0 Å². The quantitative estimate of drug-likeness (QED) is 0.584. The zero-order valence-electron chi connectivity index (χ0n) is 7.30. The molecular formula is C8H20N2. The molecule has 0 bridgehead atoms. The van der Waals surface area contributed by atoms with Crippen LogP contribution in [0.25, 0.3) is 0 Å². The lowest BCUT2D eigenvalue weighted by atomic mass is 9.95. The fourth-order valence-electron chi connectivity index (χ4n) is 1.37. The SMILES string of the molecule is CC(C)CC(C)CC(N)N. The molecule has 1 unspecified atom stereocenters.